The average Bonchev–Trinajstić information content (AvgIpc) is 2.76. The molecule has 4 aliphatic rings. The molecular weight excluding hydrogens is 581 g/mol. The summed E-state index contributed by atoms with van der Waals surface area (Å²) in [6.45, 7) is -1.42. The molecule has 5 nitrogen and oxygen atoms in total. The summed E-state index contributed by atoms with van der Waals surface area (Å²) in [4.78, 5) is 22.5. The lowest BCUT2D eigenvalue weighted by molar-refractivity contribution is -0.619. The first kappa shape index (κ1) is 30.1. The Labute approximate surface area is 199 Å². The highest BCUT2D eigenvalue weighted by molar-refractivity contribution is 5.88. The molecule has 0 aromatic carbocycles. The smallest absolute Gasteiger partial charge is 0.344 e. The Bertz CT molecular complexity index is 973. The van der Waals surface area contributed by atoms with Gasteiger partial charge in [0.1, 0.15) is 6.61 Å². The highest BCUT2D eigenvalue weighted by atomic mass is 19.3. The topological polar surface area (TPSA) is 61.8 Å². The fourth-order valence-corrected chi connectivity index (χ4v) is 4.72. The molecule has 0 unspecified atom stereocenters. The summed E-state index contributed by atoms with van der Waals surface area (Å²) in [5.74, 6) is -49.8. The minimum absolute atomic E-state index is 0.291. The molecule has 0 spiro atoms. The fraction of sp³-hybridized carbons (Fsp3) is 0.778. The van der Waals surface area contributed by atoms with Crippen LogP contribution in [0.25, 0.3) is 0 Å². The molecule has 4 fully saturated rings. The lowest BCUT2D eigenvalue weighted by Gasteiger charge is -2.74. The van der Waals surface area contributed by atoms with Crippen molar-refractivity contribution < 1.29 is 89.7 Å². The van der Waals surface area contributed by atoms with E-state index < -0.39 is 89.9 Å². The predicted molar refractivity (Wildman–Crippen MR) is 86.6 cm³/mol. The van der Waals surface area contributed by atoms with Gasteiger partial charge >= 0.3 is 64.5 Å². The maximum absolute atomic E-state index is 14.9. The van der Waals surface area contributed by atoms with Gasteiger partial charge in [0.25, 0.3) is 5.60 Å². The molecule has 0 saturated heterocycles. The predicted octanol–water partition coefficient (Wildman–Crippen LogP) is 4.38. The zero-order valence-corrected chi connectivity index (χ0v) is 18.0. The molecule has 0 amide bonds. The van der Waals surface area contributed by atoms with Crippen molar-refractivity contribution in [3.63, 3.8) is 0 Å². The standard InChI is InChI=1S/C18H11F15O5/c1-6(2)8(35)37-5-7(34)36-3-4-38-12-16(28,29)9(19)13(22,23)10(20,17(12,30)31)15(26,27)11(21,14(9,24)25)18(12,32)33/h1,3-5H2,2H3. The minimum atomic E-state index is -7.92. The number of rotatable bonds is 7. The van der Waals surface area contributed by atoms with Crippen LogP contribution in [0.2, 0.25) is 0 Å². The lowest BCUT2D eigenvalue weighted by atomic mass is 9.40. The highest BCUT2D eigenvalue weighted by Crippen LogP contribution is 2.88. The Morgan fingerprint density at radius 2 is 0.921 bits per heavy atom. The number of carbonyl (C=O) groups is 2. The van der Waals surface area contributed by atoms with Crippen molar-refractivity contribution >= 4 is 11.9 Å². The van der Waals surface area contributed by atoms with E-state index >= 15 is 0 Å². The van der Waals surface area contributed by atoms with Gasteiger partial charge in [-0.15, -0.1) is 0 Å². The van der Waals surface area contributed by atoms with Crippen LogP contribution in [0.1, 0.15) is 6.92 Å². The van der Waals surface area contributed by atoms with E-state index in [1.807, 2.05) is 0 Å². The Morgan fingerprint density at radius 1 is 0.579 bits per heavy atom. The Kier molecular flexibility index (Phi) is 5.87. The molecule has 20 heteroatoms. The molecular formula is C18H11F15O5. The van der Waals surface area contributed by atoms with E-state index in [0.29, 0.717) is 0 Å². The molecule has 4 saturated carbocycles. The zero-order chi connectivity index (χ0) is 30.0. The molecule has 0 aliphatic heterocycles. The van der Waals surface area contributed by atoms with E-state index in [-0.39, 0.29) is 5.57 Å². The summed E-state index contributed by atoms with van der Waals surface area (Å²) in [7, 11) is 0. The van der Waals surface area contributed by atoms with E-state index in [0.717, 1.165) is 6.92 Å². The molecule has 4 rings (SSSR count). The molecule has 0 radical (unpaired) electrons. The molecule has 0 N–H and O–H groups in total. The summed E-state index contributed by atoms with van der Waals surface area (Å²) in [6.07, 6.45) is 0. The second-order valence-corrected chi connectivity index (χ2v) is 8.53. The highest BCUT2D eigenvalue weighted by Gasteiger charge is 3.23. The van der Waals surface area contributed by atoms with Crippen LogP contribution < -0.4 is 0 Å². The fourth-order valence-electron chi connectivity index (χ4n) is 4.72. The average molecular weight is 592 g/mol. The van der Waals surface area contributed by atoms with Gasteiger partial charge in [-0.05, 0) is 6.92 Å². The monoisotopic (exact) mass is 592 g/mol. The van der Waals surface area contributed by atoms with Crippen molar-refractivity contribution in [2.75, 3.05) is 19.8 Å². The molecule has 0 aromatic rings. The number of hydrogen-bond acceptors (Lipinski definition) is 5. The second-order valence-electron chi connectivity index (χ2n) is 8.53. The molecule has 4 aliphatic carbocycles. The number of carbonyl (C=O) groups excluding carboxylic acids is 2. The van der Waals surface area contributed by atoms with E-state index in [1.54, 1.807) is 0 Å². The molecule has 0 atom stereocenters. The first-order valence-electron chi connectivity index (χ1n) is 9.68. The van der Waals surface area contributed by atoms with Crippen LogP contribution in [-0.2, 0) is 23.8 Å². The van der Waals surface area contributed by atoms with Crippen molar-refractivity contribution in [3.8, 4) is 0 Å². The van der Waals surface area contributed by atoms with Crippen LogP contribution in [0.3, 0.4) is 0 Å². The van der Waals surface area contributed by atoms with Gasteiger partial charge in [0, 0.05) is 5.57 Å². The molecule has 38 heavy (non-hydrogen) atoms. The van der Waals surface area contributed by atoms with Gasteiger partial charge < -0.3 is 14.2 Å². The minimum Gasteiger partial charge on any atom is -0.461 e. The third kappa shape index (κ3) is 2.37. The largest absolute Gasteiger partial charge is 0.461 e. The van der Waals surface area contributed by atoms with Crippen LogP contribution >= 0.6 is 0 Å². The maximum Gasteiger partial charge on any atom is 0.344 e. The zero-order valence-electron chi connectivity index (χ0n) is 18.0. The summed E-state index contributed by atoms with van der Waals surface area (Å²) < 4.78 is 231. The van der Waals surface area contributed by atoms with Crippen LogP contribution in [0.5, 0.6) is 0 Å². The summed E-state index contributed by atoms with van der Waals surface area (Å²) in [5.41, 5.74) is -30.7. The van der Waals surface area contributed by atoms with Crippen LogP contribution in [-0.4, -0.2) is 89.9 Å². The van der Waals surface area contributed by atoms with Gasteiger partial charge in [-0.25, -0.2) is 22.8 Å². The first-order valence-corrected chi connectivity index (χ1v) is 9.68. The van der Waals surface area contributed by atoms with Crippen molar-refractivity contribution in [1.82, 2.24) is 0 Å². The van der Waals surface area contributed by atoms with Gasteiger partial charge in [-0.3, -0.25) is 0 Å². The maximum atomic E-state index is 14.9. The van der Waals surface area contributed by atoms with Gasteiger partial charge in [-0.2, -0.15) is 52.7 Å². The van der Waals surface area contributed by atoms with Crippen LogP contribution in [0, 0.1) is 0 Å². The Morgan fingerprint density at radius 3 is 1.24 bits per heavy atom. The summed E-state index contributed by atoms with van der Waals surface area (Å²) in [5, 5.41) is 0. The van der Waals surface area contributed by atoms with E-state index in [1.165, 1.54) is 0 Å². The third-order valence-corrected chi connectivity index (χ3v) is 6.55. The van der Waals surface area contributed by atoms with E-state index in [9.17, 15) is 75.4 Å². The summed E-state index contributed by atoms with van der Waals surface area (Å²) in [6, 6.07) is 0. The van der Waals surface area contributed by atoms with Gasteiger partial charge in [0.2, 0.25) is 0 Å². The van der Waals surface area contributed by atoms with Gasteiger partial charge in [0.15, 0.2) is 6.61 Å². The van der Waals surface area contributed by atoms with Crippen molar-refractivity contribution in [1.29, 1.82) is 0 Å². The number of hydrogen-bond donors (Lipinski definition) is 0. The van der Waals surface area contributed by atoms with Crippen molar-refractivity contribution in [3.05, 3.63) is 12.2 Å². The molecule has 0 aromatic heterocycles. The molecule has 4 bridgehead atoms. The lowest BCUT2D eigenvalue weighted by Crippen LogP contribution is -3.10. The SMILES string of the molecule is C=C(C)C(=O)OCC(=O)OCCOC12C(F)(F)C3(F)C(F)(F)C(F)(C(F)(F)C(F)(C3(F)F)C1(F)F)C2(F)F. The first-order chi connectivity index (χ1) is 16.7. The number of esters is 2. The van der Waals surface area contributed by atoms with Crippen LogP contribution in [0.15, 0.2) is 12.2 Å². The van der Waals surface area contributed by atoms with E-state index in [4.69, 9.17) is 0 Å². The van der Waals surface area contributed by atoms with Gasteiger partial charge in [-0.1, -0.05) is 6.58 Å². The summed E-state index contributed by atoms with van der Waals surface area (Å²) >= 11 is 0. The quantitative estimate of drug-likeness (QED) is 0.190. The normalized spacial score (nSPS) is 39.9. The molecule has 218 valence electrons. The number of halogens is 15. The number of alkyl halides is 15. The number of ether oxygens (including phenoxy) is 3. The van der Waals surface area contributed by atoms with Crippen LogP contribution in [0.4, 0.5) is 65.9 Å². The third-order valence-electron chi connectivity index (χ3n) is 6.55. The van der Waals surface area contributed by atoms with E-state index in [2.05, 4.69) is 20.8 Å². The van der Waals surface area contributed by atoms with Crippen molar-refractivity contribution in [2.45, 2.75) is 65.1 Å². The Hall–Kier alpha value is -2.41. The van der Waals surface area contributed by atoms with Gasteiger partial charge in [0.05, 0.1) is 6.61 Å². The molecule has 0 heterocycles. The Balaban J connectivity index is 2.11. The van der Waals surface area contributed by atoms with Crippen molar-refractivity contribution in [2.24, 2.45) is 0 Å². The second kappa shape index (κ2) is 7.41.